The molecule has 0 aromatic heterocycles. The number of likely N-dealkylation sites (N-methyl/N-ethyl adjacent to an activating group) is 1. The topological polar surface area (TPSA) is 171 Å². The molecule has 0 saturated carbocycles. The molecule has 16 heteroatoms. The minimum absolute atomic E-state index is 0.00149. The van der Waals surface area contributed by atoms with Crippen LogP contribution in [-0.2, 0) is 44.4 Å². The van der Waals surface area contributed by atoms with Gasteiger partial charge in [-0.25, -0.2) is 4.99 Å². The van der Waals surface area contributed by atoms with Crippen molar-refractivity contribution in [1.29, 1.82) is 0 Å². The number of hydrogen-bond donors (Lipinski definition) is 2. The molecule has 15 nitrogen and oxygen atoms in total. The Kier molecular flexibility index (Phi) is 23.2. The van der Waals surface area contributed by atoms with Crippen LogP contribution in [0.3, 0.4) is 0 Å². The maximum atomic E-state index is 14.4. The van der Waals surface area contributed by atoms with Crippen LogP contribution < -0.4 is 5.32 Å². The van der Waals surface area contributed by atoms with Gasteiger partial charge in [-0.3, -0.25) is 23.7 Å². The summed E-state index contributed by atoms with van der Waals surface area (Å²) in [6.07, 6.45) is 1.53. The summed E-state index contributed by atoms with van der Waals surface area (Å²) in [7, 11) is 8.15. The highest BCUT2D eigenvalue weighted by Gasteiger charge is 2.44. The Morgan fingerprint density at radius 2 is 1.61 bits per heavy atom. The van der Waals surface area contributed by atoms with Crippen molar-refractivity contribution < 1.29 is 42.8 Å². The Morgan fingerprint density at radius 1 is 0.967 bits per heavy atom. The number of methoxy groups -OCH3 is 2. The molecule has 1 aromatic carbocycles. The second-order valence-corrected chi connectivity index (χ2v) is 19.8. The summed E-state index contributed by atoms with van der Waals surface area (Å²) in [6.45, 7) is 13.2. The molecule has 1 aromatic rings. The average Bonchev–Trinajstić information content (AvgIpc) is 3.69. The predicted octanol–water partition coefficient (Wildman–Crippen LogP) is 5.14. The quantitative estimate of drug-likeness (QED) is 0.0547. The Hall–Kier alpha value is -3.36. The minimum atomic E-state index is -4.24. The van der Waals surface area contributed by atoms with Crippen molar-refractivity contribution in [1.82, 2.24) is 24.9 Å². The number of ether oxygens (including phenoxy) is 3. The van der Waals surface area contributed by atoms with Gasteiger partial charge in [0.1, 0.15) is 17.6 Å². The maximum Gasteiger partial charge on any atom is 0.247 e. The number of likely N-dealkylation sites (tertiary alicyclic amines) is 1. The third kappa shape index (κ3) is 16.1. The second-order valence-electron chi connectivity index (χ2n) is 17.4. The smallest absolute Gasteiger partial charge is 0.247 e. The van der Waals surface area contributed by atoms with Gasteiger partial charge in [-0.15, -0.1) is 0 Å². The zero-order valence-electron chi connectivity index (χ0n) is 39.5. The van der Waals surface area contributed by atoms with Crippen molar-refractivity contribution >= 4 is 36.8 Å². The van der Waals surface area contributed by atoms with Crippen LogP contribution in [0.5, 0.6) is 0 Å². The van der Waals surface area contributed by atoms with E-state index in [-0.39, 0.29) is 48.7 Å². The number of rotatable bonds is 26. The van der Waals surface area contributed by atoms with E-state index in [0.29, 0.717) is 45.0 Å². The summed E-state index contributed by atoms with van der Waals surface area (Å²) < 4.78 is 31.4. The number of benzene rings is 1. The molecule has 1 fully saturated rings. The zero-order valence-corrected chi connectivity index (χ0v) is 40.4. The molecule has 3 amide bonds. The van der Waals surface area contributed by atoms with Crippen LogP contribution in [-0.4, -0.2) is 165 Å². The molecule has 0 aliphatic carbocycles. The summed E-state index contributed by atoms with van der Waals surface area (Å²) in [4.78, 5) is 79.1. The van der Waals surface area contributed by atoms with Gasteiger partial charge in [0.15, 0.2) is 5.96 Å². The molecule has 61 heavy (non-hydrogen) atoms. The fourth-order valence-corrected chi connectivity index (χ4v) is 9.96. The number of amides is 3. The van der Waals surface area contributed by atoms with Crippen LogP contribution in [0, 0.1) is 17.8 Å². The zero-order chi connectivity index (χ0) is 46.0. The molecule has 1 saturated heterocycles. The van der Waals surface area contributed by atoms with Crippen molar-refractivity contribution in [2.45, 2.75) is 129 Å². The van der Waals surface area contributed by atoms with Crippen LogP contribution in [0.1, 0.15) is 92.1 Å². The van der Waals surface area contributed by atoms with E-state index in [1.165, 1.54) is 7.11 Å². The molecule has 348 valence electrons. The number of guanidine groups is 1. The van der Waals surface area contributed by atoms with E-state index in [0.717, 1.165) is 18.4 Å². The first-order valence-electron chi connectivity index (χ1n) is 22.0. The number of carbonyl (C=O) groups is 4. The third-order valence-electron chi connectivity index (χ3n) is 11.8. The van der Waals surface area contributed by atoms with E-state index in [4.69, 9.17) is 19.2 Å². The van der Waals surface area contributed by atoms with Gasteiger partial charge in [0.25, 0.3) is 0 Å². The van der Waals surface area contributed by atoms with Gasteiger partial charge in [-0.2, -0.15) is 0 Å². The number of carbonyl (C=O) groups excluding carboxylic acids is 4. The molecule has 0 radical (unpaired) electrons. The molecule has 1 aliphatic heterocycles. The first-order chi connectivity index (χ1) is 28.7. The van der Waals surface area contributed by atoms with Crippen molar-refractivity contribution in [2.75, 3.05) is 75.4 Å². The molecule has 9 atom stereocenters. The first-order valence-corrected chi connectivity index (χ1v) is 24.0. The van der Waals surface area contributed by atoms with Gasteiger partial charge in [0.2, 0.25) is 25.1 Å². The van der Waals surface area contributed by atoms with Gasteiger partial charge < -0.3 is 44.0 Å². The van der Waals surface area contributed by atoms with Gasteiger partial charge in [-0.05, 0) is 43.1 Å². The van der Waals surface area contributed by atoms with Crippen molar-refractivity contribution in [3.05, 3.63) is 35.9 Å². The first kappa shape index (κ1) is 53.8. The lowest BCUT2D eigenvalue weighted by molar-refractivity contribution is -0.146. The monoisotopic (exact) mass is 879 g/mol. The second kappa shape index (κ2) is 26.3. The number of hydrogen-bond acceptors (Lipinski definition) is 9. The Bertz CT molecular complexity index is 1580. The van der Waals surface area contributed by atoms with Gasteiger partial charge in [-0.1, -0.05) is 78.3 Å². The minimum Gasteiger partial charge on any atom is -0.381 e. The molecule has 0 bridgehead atoms. The largest absolute Gasteiger partial charge is 0.381 e. The van der Waals surface area contributed by atoms with Gasteiger partial charge in [0, 0.05) is 82.1 Å². The summed E-state index contributed by atoms with van der Waals surface area (Å²) in [5.74, 6) is -2.71. The highest BCUT2D eigenvalue weighted by molar-refractivity contribution is 7.59. The normalized spacial score (nSPS) is 18.5. The molecule has 2 N–H and O–H groups in total. The van der Waals surface area contributed by atoms with Crippen LogP contribution in [0.4, 0.5) is 0 Å². The molecule has 0 spiro atoms. The number of Topliss-reactive ketones (excluding diaryl/α,β-unsaturated/α-hetero) is 1. The number of nitrogens with zero attached hydrogens (tertiary/aromatic N) is 5. The van der Waals surface area contributed by atoms with Crippen LogP contribution >= 0.6 is 7.37 Å². The summed E-state index contributed by atoms with van der Waals surface area (Å²) >= 11 is 0. The molecule has 1 aliphatic rings. The Morgan fingerprint density at radius 3 is 2.15 bits per heavy atom. The predicted molar refractivity (Wildman–Crippen MR) is 242 cm³/mol. The van der Waals surface area contributed by atoms with E-state index in [2.05, 4.69) is 12.2 Å². The molecule has 1 unspecified atom stereocenters. The molecular formula is C45H79N6O9P. The van der Waals surface area contributed by atoms with Crippen molar-refractivity contribution in [3.63, 3.8) is 0 Å². The lowest BCUT2D eigenvalue weighted by Crippen LogP contribution is -2.55. The number of ketones is 1. The lowest BCUT2D eigenvalue weighted by Gasteiger charge is -2.40. The Labute approximate surface area is 366 Å². The van der Waals surface area contributed by atoms with Gasteiger partial charge >= 0.3 is 0 Å². The van der Waals surface area contributed by atoms with Gasteiger partial charge in [0.05, 0.1) is 42.8 Å². The SMILES string of the molecule is CCCOCCCC(=O)CP(=O)(O)[C@H](Cc1ccccc1)NC(=O)[C@H](C)[C@@H](OC)[C@@H]1CCCN1C(=O)C[C@@H](OC)[C@H]([C@@H](C)CC)N(C)C(=O)[C@@H](N=C(N(C)C)N(C)C)C(C)C. The standard InChI is InChI=1S/C45H79N6O9P/c1-14-26-60-27-20-23-35(52)30-61(56,57)38(28-34-21-17-16-18-22-34)46-43(54)33(6)42(59-13)36-24-19-25-51(36)39(53)29-37(58-12)41(32(5)15-2)50(11)44(55)40(31(3)4)47-45(48(7)8)49(9)10/h16-18,21-22,31-33,36-38,40-42H,14-15,19-20,23-30H2,1-13H3,(H,46,54)(H,56,57)/t32-,33+,36-,37+,38+,40-,41-,42+/m0/s1. The van der Waals surface area contributed by atoms with E-state index in [1.807, 2.05) is 96.0 Å². The highest BCUT2D eigenvalue weighted by Crippen LogP contribution is 2.47. The summed E-state index contributed by atoms with van der Waals surface area (Å²) in [5.41, 5.74) is 0.737. The van der Waals surface area contributed by atoms with Crippen molar-refractivity contribution in [2.24, 2.45) is 22.7 Å². The van der Waals surface area contributed by atoms with E-state index < -0.39 is 61.5 Å². The van der Waals surface area contributed by atoms with Crippen LogP contribution in [0.25, 0.3) is 0 Å². The van der Waals surface area contributed by atoms with Crippen LogP contribution in [0.15, 0.2) is 35.3 Å². The number of nitrogens with one attached hydrogen (secondary N) is 1. The van der Waals surface area contributed by atoms with E-state index in [9.17, 15) is 28.6 Å². The van der Waals surface area contributed by atoms with Crippen molar-refractivity contribution in [3.8, 4) is 0 Å². The number of aliphatic imine (C=N–C) groups is 1. The summed E-state index contributed by atoms with van der Waals surface area (Å²) in [6, 6.07) is 7.52. The average molecular weight is 879 g/mol. The van der Waals surface area contributed by atoms with E-state index in [1.54, 1.807) is 30.9 Å². The van der Waals surface area contributed by atoms with Crippen LogP contribution in [0.2, 0.25) is 0 Å². The molecule has 2 rings (SSSR count). The van der Waals surface area contributed by atoms with E-state index >= 15 is 0 Å². The fourth-order valence-electron chi connectivity index (χ4n) is 8.25. The Balaban J connectivity index is 2.33. The third-order valence-corrected chi connectivity index (χ3v) is 13.9. The highest BCUT2D eigenvalue weighted by atomic mass is 31.2. The molecular weight excluding hydrogens is 800 g/mol. The fraction of sp³-hybridized carbons (Fsp3) is 0.756. The summed E-state index contributed by atoms with van der Waals surface area (Å²) in [5, 5.41) is 2.83. The lowest BCUT2D eigenvalue weighted by atomic mass is 9.89. The maximum absolute atomic E-state index is 14.4. The molecule has 1 heterocycles.